The largest absolute Gasteiger partial charge is 0.399 e. The highest BCUT2D eigenvalue weighted by molar-refractivity contribution is 9.10. The van der Waals surface area contributed by atoms with Crippen molar-refractivity contribution in [3.8, 4) is 0 Å². The van der Waals surface area contributed by atoms with Crippen LogP contribution in [0.2, 0.25) is 0 Å². The lowest BCUT2D eigenvalue weighted by atomic mass is 10.1. The zero-order valence-electron chi connectivity index (χ0n) is 12.2. The number of carbonyl (C=O) groups is 1. The van der Waals surface area contributed by atoms with Crippen LogP contribution in [0, 0.1) is 0 Å². The molecule has 1 amide bonds. The fraction of sp³-hybridized carbons (Fsp3) is 0.235. The van der Waals surface area contributed by atoms with E-state index in [9.17, 15) is 4.79 Å². The molecule has 0 aliphatic rings. The van der Waals surface area contributed by atoms with Crippen molar-refractivity contribution >= 4 is 27.5 Å². The minimum atomic E-state index is -0.00329. The summed E-state index contributed by atoms with van der Waals surface area (Å²) in [5, 5.41) is 0. The van der Waals surface area contributed by atoms with E-state index in [2.05, 4.69) is 15.9 Å². The van der Waals surface area contributed by atoms with Crippen molar-refractivity contribution in [2.24, 2.45) is 0 Å². The van der Waals surface area contributed by atoms with Gasteiger partial charge in [0.05, 0.1) is 12.5 Å². The Hall–Kier alpha value is -1.81. The van der Waals surface area contributed by atoms with Gasteiger partial charge in [-0.1, -0.05) is 40.2 Å². The lowest BCUT2D eigenvalue weighted by molar-refractivity contribution is -0.131. The maximum atomic E-state index is 12.4. The number of halogens is 1. The van der Waals surface area contributed by atoms with E-state index in [0.717, 1.165) is 15.6 Å². The highest BCUT2D eigenvalue weighted by Crippen LogP contribution is 2.21. The van der Waals surface area contributed by atoms with Crippen molar-refractivity contribution in [3.05, 3.63) is 64.1 Å². The smallest absolute Gasteiger partial charge is 0.227 e. The Morgan fingerprint density at radius 2 is 1.90 bits per heavy atom. The highest BCUT2D eigenvalue weighted by atomic mass is 79.9. The molecule has 0 saturated carbocycles. The molecule has 2 N–H and O–H groups in total. The van der Waals surface area contributed by atoms with E-state index in [1.165, 1.54) is 0 Å². The fourth-order valence-corrected chi connectivity index (χ4v) is 2.42. The molecule has 3 nitrogen and oxygen atoms in total. The van der Waals surface area contributed by atoms with Crippen LogP contribution in [0.5, 0.6) is 0 Å². The molecular formula is C17H19BrN2O. The molecule has 2 rings (SSSR count). The lowest BCUT2D eigenvalue weighted by Crippen LogP contribution is -2.31. The molecule has 0 fully saturated rings. The lowest BCUT2D eigenvalue weighted by Gasteiger charge is -2.25. The van der Waals surface area contributed by atoms with E-state index in [-0.39, 0.29) is 11.9 Å². The number of amides is 1. The van der Waals surface area contributed by atoms with Crippen molar-refractivity contribution in [2.45, 2.75) is 19.4 Å². The second-order valence-electron chi connectivity index (χ2n) is 5.15. The van der Waals surface area contributed by atoms with Gasteiger partial charge in [-0.3, -0.25) is 4.79 Å². The zero-order valence-corrected chi connectivity index (χ0v) is 13.8. The summed E-state index contributed by atoms with van der Waals surface area (Å²) in [4.78, 5) is 14.1. The zero-order chi connectivity index (χ0) is 15.4. The average Bonchev–Trinajstić information content (AvgIpc) is 2.48. The molecule has 0 heterocycles. The summed E-state index contributed by atoms with van der Waals surface area (Å²) in [5.74, 6) is 0.0900. The first-order chi connectivity index (χ1) is 9.97. The van der Waals surface area contributed by atoms with Crippen LogP contribution in [0.15, 0.2) is 53.0 Å². The monoisotopic (exact) mass is 346 g/mol. The number of likely N-dealkylation sites (N-methyl/N-ethyl adjacent to an activating group) is 1. The number of nitrogen functional groups attached to an aromatic ring is 1. The Bertz CT molecular complexity index is 625. The molecule has 110 valence electrons. The normalized spacial score (nSPS) is 12.0. The van der Waals surface area contributed by atoms with Gasteiger partial charge in [-0.15, -0.1) is 0 Å². The van der Waals surface area contributed by atoms with E-state index in [1.807, 2.05) is 62.5 Å². The standard InChI is InChI=1S/C17H19BrN2O/c1-12(14-4-3-5-16(19)11-14)20(2)17(21)10-13-6-8-15(18)9-7-13/h3-9,11-12H,10,19H2,1-2H3. The number of nitrogens with zero attached hydrogens (tertiary/aromatic N) is 1. The third-order valence-corrected chi connectivity index (χ3v) is 4.16. The van der Waals surface area contributed by atoms with Crippen molar-refractivity contribution in [1.29, 1.82) is 0 Å². The van der Waals surface area contributed by atoms with E-state index in [1.54, 1.807) is 4.90 Å². The van der Waals surface area contributed by atoms with Gasteiger partial charge in [0, 0.05) is 17.2 Å². The summed E-state index contributed by atoms with van der Waals surface area (Å²) in [6, 6.07) is 15.5. The van der Waals surface area contributed by atoms with E-state index >= 15 is 0 Å². The second-order valence-corrected chi connectivity index (χ2v) is 6.07. The van der Waals surface area contributed by atoms with Crippen molar-refractivity contribution in [3.63, 3.8) is 0 Å². The number of benzene rings is 2. The van der Waals surface area contributed by atoms with Gasteiger partial charge in [0.15, 0.2) is 0 Å². The van der Waals surface area contributed by atoms with Crippen molar-refractivity contribution < 1.29 is 4.79 Å². The van der Waals surface area contributed by atoms with Gasteiger partial charge >= 0.3 is 0 Å². The molecule has 2 aromatic carbocycles. The molecule has 0 bridgehead atoms. The number of hydrogen-bond donors (Lipinski definition) is 1. The van der Waals surface area contributed by atoms with Crippen LogP contribution >= 0.6 is 15.9 Å². The molecule has 0 aliphatic carbocycles. The van der Waals surface area contributed by atoms with Gasteiger partial charge in [0.1, 0.15) is 0 Å². The van der Waals surface area contributed by atoms with Gasteiger partial charge in [-0.05, 0) is 42.3 Å². The Kier molecular flexibility index (Phi) is 5.02. The van der Waals surface area contributed by atoms with Crippen molar-refractivity contribution in [2.75, 3.05) is 12.8 Å². The van der Waals surface area contributed by atoms with E-state index < -0.39 is 0 Å². The SMILES string of the molecule is CC(c1cccc(N)c1)N(C)C(=O)Cc1ccc(Br)cc1. The van der Waals surface area contributed by atoms with Crippen LogP contribution < -0.4 is 5.73 Å². The Labute approximate surface area is 133 Å². The molecule has 0 spiro atoms. The first-order valence-electron chi connectivity index (χ1n) is 6.83. The molecule has 2 aromatic rings. The van der Waals surface area contributed by atoms with Crippen LogP contribution in [0.1, 0.15) is 24.1 Å². The number of hydrogen-bond acceptors (Lipinski definition) is 2. The van der Waals surface area contributed by atoms with Crippen LogP contribution in [-0.4, -0.2) is 17.9 Å². The average molecular weight is 347 g/mol. The number of rotatable bonds is 4. The van der Waals surface area contributed by atoms with Crippen molar-refractivity contribution in [1.82, 2.24) is 4.90 Å². The maximum Gasteiger partial charge on any atom is 0.227 e. The minimum absolute atomic E-state index is 0.00329. The Balaban J connectivity index is 2.06. The molecule has 21 heavy (non-hydrogen) atoms. The summed E-state index contributed by atoms with van der Waals surface area (Å²) < 4.78 is 1.01. The van der Waals surface area contributed by atoms with Gasteiger partial charge in [-0.25, -0.2) is 0 Å². The third-order valence-electron chi connectivity index (χ3n) is 3.64. The Morgan fingerprint density at radius 3 is 2.52 bits per heavy atom. The van der Waals surface area contributed by atoms with Gasteiger partial charge < -0.3 is 10.6 Å². The molecule has 0 radical (unpaired) electrons. The molecule has 1 atom stereocenters. The van der Waals surface area contributed by atoms with Crippen LogP contribution in [-0.2, 0) is 11.2 Å². The second kappa shape index (κ2) is 6.76. The minimum Gasteiger partial charge on any atom is -0.399 e. The summed E-state index contributed by atoms with van der Waals surface area (Å²) in [6.07, 6.45) is 0.399. The highest BCUT2D eigenvalue weighted by Gasteiger charge is 2.17. The summed E-state index contributed by atoms with van der Waals surface area (Å²) in [6.45, 7) is 2.01. The van der Waals surface area contributed by atoms with E-state index in [0.29, 0.717) is 12.1 Å². The molecule has 0 aliphatic heterocycles. The Morgan fingerprint density at radius 1 is 1.24 bits per heavy atom. The van der Waals surface area contributed by atoms with E-state index in [4.69, 9.17) is 5.73 Å². The first-order valence-corrected chi connectivity index (χ1v) is 7.62. The quantitative estimate of drug-likeness (QED) is 0.856. The first kappa shape index (κ1) is 15.6. The number of anilines is 1. The molecule has 4 heteroatoms. The topological polar surface area (TPSA) is 46.3 Å². The van der Waals surface area contributed by atoms with Gasteiger partial charge in [0.2, 0.25) is 5.91 Å². The molecular weight excluding hydrogens is 328 g/mol. The number of carbonyl (C=O) groups excluding carboxylic acids is 1. The fourth-order valence-electron chi connectivity index (χ4n) is 2.16. The summed E-state index contributed by atoms with van der Waals surface area (Å²) in [5.41, 5.74) is 8.57. The molecule has 1 unspecified atom stereocenters. The van der Waals surface area contributed by atoms with Gasteiger partial charge in [0.25, 0.3) is 0 Å². The van der Waals surface area contributed by atoms with Crippen LogP contribution in [0.3, 0.4) is 0 Å². The van der Waals surface area contributed by atoms with Crippen LogP contribution in [0.4, 0.5) is 5.69 Å². The predicted octanol–water partition coefficient (Wildman–Crippen LogP) is 3.79. The molecule has 0 aromatic heterocycles. The predicted molar refractivity (Wildman–Crippen MR) is 89.9 cm³/mol. The summed E-state index contributed by atoms with van der Waals surface area (Å²) >= 11 is 3.39. The van der Waals surface area contributed by atoms with Crippen LogP contribution in [0.25, 0.3) is 0 Å². The number of nitrogens with two attached hydrogens (primary N) is 1. The summed E-state index contributed by atoms with van der Waals surface area (Å²) in [7, 11) is 1.83. The maximum absolute atomic E-state index is 12.4. The third kappa shape index (κ3) is 4.08. The van der Waals surface area contributed by atoms with Gasteiger partial charge in [-0.2, -0.15) is 0 Å². The molecule has 0 saturated heterocycles.